The van der Waals surface area contributed by atoms with Crippen LogP contribution in [0.15, 0.2) is 16.9 Å². The Labute approximate surface area is 115 Å². The van der Waals surface area contributed by atoms with Crippen molar-refractivity contribution in [2.75, 3.05) is 20.1 Å². The van der Waals surface area contributed by atoms with Gasteiger partial charge in [-0.1, -0.05) is 20.8 Å². The normalized spacial score (nSPS) is 29.5. The van der Waals surface area contributed by atoms with Crippen LogP contribution in [0.2, 0.25) is 0 Å². The number of rotatable bonds is 4. The lowest BCUT2D eigenvalue weighted by atomic mass is 9.84. The maximum atomic E-state index is 6.44. The van der Waals surface area contributed by atoms with Gasteiger partial charge in [0, 0.05) is 25.0 Å². The van der Waals surface area contributed by atoms with Crippen LogP contribution in [0.1, 0.15) is 20.8 Å². The van der Waals surface area contributed by atoms with Gasteiger partial charge in [0.2, 0.25) is 0 Å². The predicted octanol–water partition coefficient (Wildman–Crippen LogP) is -0.404. The molecule has 2 atom stereocenters. The van der Waals surface area contributed by atoms with Gasteiger partial charge in [-0.15, -0.1) is 0 Å². The average Bonchev–Trinajstić information content (AvgIpc) is 2.25. The molecule has 2 aliphatic heterocycles. The van der Waals surface area contributed by atoms with Crippen molar-refractivity contribution in [1.82, 2.24) is 15.5 Å². The number of guanidine groups is 1. The van der Waals surface area contributed by atoms with Gasteiger partial charge >= 0.3 is 0 Å². The molecule has 0 aromatic rings. The van der Waals surface area contributed by atoms with Crippen LogP contribution in [0.25, 0.3) is 0 Å². The Hall–Kier alpha value is -1.27. The number of hydrogen-bond acceptors (Lipinski definition) is 6. The first-order chi connectivity index (χ1) is 8.85. The second-order valence-electron chi connectivity index (χ2n) is 5.96. The molecule has 19 heavy (non-hydrogen) atoms. The van der Waals surface area contributed by atoms with Gasteiger partial charge in [0.05, 0.1) is 0 Å². The fourth-order valence-corrected chi connectivity index (χ4v) is 2.45. The van der Waals surface area contributed by atoms with Gasteiger partial charge in [0.25, 0.3) is 0 Å². The van der Waals surface area contributed by atoms with Crippen molar-refractivity contribution in [2.45, 2.75) is 32.5 Å². The van der Waals surface area contributed by atoms with Crippen molar-refractivity contribution in [3.8, 4) is 0 Å². The molecule has 0 spiro atoms. The van der Waals surface area contributed by atoms with Crippen LogP contribution < -0.4 is 22.1 Å². The van der Waals surface area contributed by atoms with Gasteiger partial charge in [-0.3, -0.25) is 0 Å². The Kier molecular flexibility index (Phi) is 3.73. The van der Waals surface area contributed by atoms with Gasteiger partial charge < -0.3 is 27.0 Å². The van der Waals surface area contributed by atoms with E-state index in [0.717, 1.165) is 18.9 Å². The molecule has 0 aliphatic carbocycles. The highest BCUT2D eigenvalue weighted by Crippen LogP contribution is 2.29. The molecule has 0 saturated carbocycles. The Balaban J connectivity index is 2.15. The molecule has 6 heteroatoms. The van der Waals surface area contributed by atoms with Crippen LogP contribution in [-0.4, -0.2) is 42.7 Å². The number of likely N-dealkylation sites (N-methyl/N-ethyl adjacent to an activating group) is 1. The summed E-state index contributed by atoms with van der Waals surface area (Å²) in [5.74, 6) is 2.05. The third-order valence-corrected chi connectivity index (χ3v) is 4.30. The molecular weight excluding hydrogens is 240 g/mol. The first-order valence-electron chi connectivity index (χ1n) is 6.92. The number of likely N-dealkylation sites (tertiary alicyclic amines) is 1. The molecule has 0 amide bonds. The molecule has 6 nitrogen and oxygen atoms in total. The van der Waals surface area contributed by atoms with E-state index in [9.17, 15) is 0 Å². The lowest BCUT2D eigenvalue weighted by Gasteiger charge is -2.45. The van der Waals surface area contributed by atoms with Crippen LogP contribution in [0, 0.1) is 11.8 Å². The highest BCUT2D eigenvalue weighted by atomic mass is 15.4. The maximum absolute atomic E-state index is 6.44. The Bertz CT molecular complexity index is 396. The SMILES string of the molecule is CNC1CN(C2=CC(N)([C@H](C)C(C)C)N=C(N)N2)C1. The fraction of sp³-hybridized carbons (Fsp3) is 0.769. The molecule has 2 rings (SSSR count). The van der Waals surface area contributed by atoms with E-state index in [1.165, 1.54) is 0 Å². The van der Waals surface area contributed by atoms with Crippen molar-refractivity contribution < 1.29 is 0 Å². The summed E-state index contributed by atoms with van der Waals surface area (Å²) in [6.07, 6.45) is 2.01. The third-order valence-electron chi connectivity index (χ3n) is 4.30. The summed E-state index contributed by atoms with van der Waals surface area (Å²) in [6.45, 7) is 8.36. The van der Waals surface area contributed by atoms with E-state index >= 15 is 0 Å². The zero-order valence-corrected chi connectivity index (χ0v) is 12.3. The standard InChI is InChI=1S/C13H26N6/c1-8(2)9(3)13(15)5-11(17-12(14)18-13)19-6-10(7-19)16-4/h5,8-10,16H,6-7,15H2,1-4H3,(H3,14,17,18)/t9-,13?/m1/s1. The molecule has 2 heterocycles. The summed E-state index contributed by atoms with van der Waals surface area (Å²) in [5, 5.41) is 6.37. The van der Waals surface area contributed by atoms with Gasteiger partial charge in [-0.25, -0.2) is 4.99 Å². The van der Waals surface area contributed by atoms with Crippen LogP contribution in [0.4, 0.5) is 0 Å². The number of nitrogens with one attached hydrogen (secondary N) is 2. The van der Waals surface area contributed by atoms with Crippen LogP contribution >= 0.6 is 0 Å². The fourth-order valence-electron chi connectivity index (χ4n) is 2.45. The van der Waals surface area contributed by atoms with Crippen molar-refractivity contribution in [3.63, 3.8) is 0 Å². The Morgan fingerprint density at radius 3 is 2.63 bits per heavy atom. The summed E-state index contributed by atoms with van der Waals surface area (Å²) >= 11 is 0. The molecular formula is C13H26N6. The van der Waals surface area contributed by atoms with E-state index in [1.54, 1.807) is 0 Å². The first-order valence-corrected chi connectivity index (χ1v) is 6.92. The zero-order chi connectivity index (χ0) is 14.2. The summed E-state index contributed by atoms with van der Waals surface area (Å²) in [7, 11) is 1.98. The highest BCUT2D eigenvalue weighted by molar-refractivity contribution is 5.81. The topological polar surface area (TPSA) is 91.7 Å². The minimum Gasteiger partial charge on any atom is -0.370 e. The number of hydrogen-bond donors (Lipinski definition) is 4. The quantitative estimate of drug-likeness (QED) is 0.555. The van der Waals surface area contributed by atoms with Gasteiger partial charge in [0.15, 0.2) is 5.96 Å². The molecule has 0 aromatic carbocycles. The van der Waals surface area contributed by atoms with Crippen LogP contribution in [0.3, 0.4) is 0 Å². The lowest BCUT2D eigenvalue weighted by Crippen LogP contribution is -2.61. The molecule has 1 saturated heterocycles. The van der Waals surface area contributed by atoms with Crippen molar-refractivity contribution >= 4 is 5.96 Å². The van der Waals surface area contributed by atoms with E-state index in [1.807, 2.05) is 13.1 Å². The molecule has 1 fully saturated rings. The molecule has 0 aromatic heterocycles. The third kappa shape index (κ3) is 2.69. The van der Waals surface area contributed by atoms with Crippen molar-refractivity contribution in [1.29, 1.82) is 0 Å². The van der Waals surface area contributed by atoms with Crippen molar-refractivity contribution in [2.24, 2.45) is 28.3 Å². The molecule has 2 aliphatic rings. The highest BCUT2D eigenvalue weighted by Gasteiger charge is 2.37. The Morgan fingerprint density at radius 2 is 2.11 bits per heavy atom. The summed E-state index contributed by atoms with van der Waals surface area (Å²) in [6, 6.07) is 0.539. The van der Waals surface area contributed by atoms with Crippen LogP contribution in [-0.2, 0) is 0 Å². The van der Waals surface area contributed by atoms with Crippen molar-refractivity contribution in [3.05, 3.63) is 11.9 Å². The molecule has 0 radical (unpaired) electrons. The summed E-state index contributed by atoms with van der Waals surface area (Å²) < 4.78 is 0. The average molecular weight is 266 g/mol. The van der Waals surface area contributed by atoms with Crippen LogP contribution in [0.5, 0.6) is 0 Å². The Morgan fingerprint density at radius 1 is 1.47 bits per heavy atom. The molecule has 0 bridgehead atoms. The smallest absolute Gasteiger partial charge is 0.196 e. The maximum Gasteiger partial charge on any atom is 0.196 e. The second kappa shape index (κ2) is 5.02. The molecule has 108 valence electrons. The number of nitrogens with two attached hydrogens (primary N) is 2. The molecule has 1 unspecified atom stereocenters. The minimum atomic E-state index is -0.719. The number of nitrogens with zero attached hydrogens (tertiary/aromatic N) is 2. The summed E-state index contributed by atoms with van der Waals surface area (Å²) in [5.41, 5.74) is 11.6. The largest absolute Gasteiger partial charge is 0.370 e. The van der Waals surface area contributed by atoms with Gasteiger partial charge in [-0.05, 0) is 19.0 Å². The van der Waals surface area contributed by atoms with E-state index in [0.29, 0.717) is 17.9 Å². The first kappa shape index (κ1) is 14.1. The molecule has 6 N–H and O–H groups in total. The minimum absolute atomic E-state index is 0.226. The predicted molar refractivity (Wildman–Crippen MR) is 78.2 cm³/mol. The van der Waals surface area contributed by atoms with E-state index in [-0.39, 0.29) is 5.92 Å². The number of aliphatic imine (C=N–C) groups is 1. The van der Waals surface area contributed by atoms with E-state index in [2.05, 4.69) is 41.3 Å². The second-order valence-corrected chi connectivity index (χ2v) is 5.96. The van der Waals surface area contributed by atoms with E-state index in [4.69, 9.17) is 11.5 Å². The monoisotopic (exact) mass is 266 g/mol. The zero-order valence-electron chi connectivity index (χ0n) is 12.3. The van der Waals surface area contributed by atoms with Gasteiger partial charge in [-0.2, -0.15) is 0 Å². The summed E-state index contributed by atoms with van der Waals surface area (Å²) in [4.78, 5) is 6.64. The van der Waals surface area contributed by atoms with E-state index < -0.39 is 5.66 Å². The lowest BCUT2D eigenvalue weighted by molar-refractivity contribution is 0.163. The van der Waals surface area contributed by atoms with Gasteiger partial charge in [0.1, 0.15) is 11.5 Å².